The molecule has 1 amide bonds. The summed E-state index contributed by atoms with van der Waals surface area (Å²) in [5.74, 6) is -0.317. The van der Waals surface area contributed by atoms with Gasteiger partial charge in [0.2, 0.25) is 0 Å². The molecule has 4 nitrogen and oxygen atoms in total. The number of ether oxygens (including phenoxy) is 1. The van der Waals surface area contributed by atoms with Crippen molar-refractivity contribution < 1.29 is 13.9 Å². The number of amides is 1. The molecular formula is C13H13FN2O2S. The fraction of sp³-hybridized carbons (Fsp3) is 0.385. The van der Waals surface area contributed by atoms with Gasteiger partial charge in [0.25, 0.3) is 5.91 Å². The van der Waals surface area contributed by atoms with Crippen LogP contribution < -0.4 is 9.64 Å². The van der Waals surface area contributed by atoms with Crippen LogP contribution in [-0.4, -0.2) is 24.2 Å². The van der Waals surface area contributed by atoms with Crippen LogP contribution in [0.4, 0.5) is 15.8 Å². The van der Waals surface area contributed by atoms with Gasteiger partial charge in [-0.05, 0) is 24.7 Å². The predicted molar refractivity (Wildman–Crippen MR) is 73.8 cm³/mol. The topological polar surface area (TPSA) is 41.9 Å². The van der Waals surface area contributed by atoms with Crippen molar-refractivity contribution in [1.29, 1.82) is 0 Å². The van der Waals surface area contributed by atoms with Gasteiger partial charge >= 0.3 is 0 Å². The van der Waals surface area contributed by atoms with Crippen LogP contribution in [0.1, 0.15) is 19.8 Å². The zero-order valence-electron chi connectivity index (χ0n) is 10.5. The zero-order valence-corrected chi connectivity index (χ0v) is 11.3. The number of benzene rings is 1. The third-order valence-electron chi connectivity index (χ3n) is 2.87. The van der Waals surface area contributed by atoms with E-state index >= 15 is 0 Å². The van der Waals surface area contributed by atoms with E-state index in [0.29, 0.717) is 18.0 Å². The van der Waals surface area contributed by atoms with Crippen molar-refractivity contribution in [2.75, 3.05) is 18.1 Å². The third kappa shape index (κ3) is 2.80. The van der Waals surface area contributed by atoms with Crippen molar-refractivity contribution in [3.05, 3.63) is 17.9 Å². The minimum Gasteiger partial charge on any atom is -0.481 e. The van der Waals surface area contributed by atoms with Crippen LogP contribution in [0.5, 0.6) is 5.75 Å². The maximum atomic E-state index is 13.7. The van der Waals surface area contributed by atoms with E-state index in [1.54, 1.807) is 4.90 Å². The highest BCUT2D eigenvalue weighted by Crippen LogP contribution is 2.37. The molecule has 0 atom stereocenters. The number of fused-ring (bicyclic) bond motifs is 1. The van der Waals surface area contributed by atoms with E-state index in [9.17, 15) is 9.18 Å². The molecule has 1 aliphatic heterocycles. The summed E-state index contributed by atoms with van der Waals surface area (Å²) in [6.45, 7) is 2.56. The molecule has 0 unspecified atom stereocenters. The molecule has 0 fully saturated rings. The van der Waals surface area contributed by atoms with E-state index in [1.165, 1.54) is 12.1 Å². The highest BCUT2D eigenvalue weighted by molar-refractivity contribution is 7.78. The van der Waals surface area contributed by atoms with Crippen molar-refractivity contribution in [3.63, 3.8) is 0 Å². The lowest BCUT2D eigenvalue weighted by Gasteiger charge is -2.29. The van der Waals surface area contributed by atoms with Crippen molar-refractivity contribution in [3.8, 4) is 5.75 Å². The maximum absolute atomic E-state index is 13.7. The number of carbonyl (C=O) groups excluding carboxylic acids is 1. The Morgan fingerprint density at radius 2 is 2.37 bits per heavy atom. The summed E-state index contributed by atoms with van der Waals surface area (Å²) in [5, 5.41) is 2.12. The Labute approximate surface area is 115 Å². The summed E-state index contributed by atoms with van der Waals surface area (Å²) in [5.41, 5.74) is 0.601. The molecule has 1 aromatic carbocycles. The van der Waals surface area contributed by atoms with Gasteiger partial charge in [0.1, 0.15) is 11.4 Å². The van der Waals surface area contributed by atoms with Gasteiger partial charge in [0.15, 0.2) is 12.4 Å². The van der Waals surface area contributed by atoms with E-state index in [4.69, 9.17) is 4.74 Å². The molecule has 0 bridgehead atoms. The first-order chi connectivity index (χ1) is 9.17. The molecular weight excluding hydrogens is 267 g/mol. The summed E-state index contributed by atoms with van der Waals surface area (Å²) in [4.78, 5) is 17.1. The molecule has 0 spiro atoms. The van der Waals surface area contributed by atoms with Crippen molar-refractivity contribution in [2.24, 2.45) is 4.99 Å². The fourth-order valence-electron chi connectivity index (χ4n) is 1.91. The highest BCUT2D eigenvalue weighted by atomic mass is 32.1. The first-order valence-electron chi connectivity index (χ1n) is 6.02. The molecule has 1 heterocycles. The standard InChI is InChI=1S/C13H13FN2O2S/c1-2-3-4-16-11-6-10(15-8-19)9(14)5-12(11)18-7-13(16)17/h5-6H,2-4,7H2,1H3. The minimum absolute atomic E-state index is 0.0635. The van der Waals surface area contributed by atoms with Crippen molar-refractivity contribution >= 4 is 34.7 Å². The minimum atomic E-state index is -0.541. The second-order valence-electron chi connectivity index (χ2n) is 4.16. The van der Waals surface area contributed by atoms with Gasteiger partial charge in [-0.1, -0.05) is 13.3 Å². The quantitative estimate of drug-likeness (QED) is 0.628. The van der Waals surface area contributed by atoms with Crippen molar-refractivity contribution in [2.45, 2.75) is 19.8 Å². The van der Waals surface area contributed by atoms with Gasteiger partial charge in [-0.3, -0.25) is 4.79 Å². The Balaban J connectivity index is 2.44. The van der Waals surface area contributed by atoms with E-state index < -0.39 is 5.82 Å². The van der Waals surface area contributed by atoms with Gasteiger partial charge in [-0.15, -0.1) is 0 Å². The Morgan fingerprint density at radius 3 is 3.05 bits per heavy atom. The summed E-state index contributed by atoms with van der Waals surface area (Å²) in [6.07, 6.45) is 1.83. The Bertz CT molecular complexity index is 556. The maximum Gasteiger partial charge on any atom is 0.265 e. The summed E-state index contributed by atoms with van der Waals surface area (Å²) in [6, 6.07) is 2.70. The highest BCUT2D eigenvalue weighted by Gasteiger charge is 2.26. The van der Waals surface area contributed by atoms with Gasteiger partial charge in [-0.25, -0.2) is 4.39 Å². The Kier molecular flexibility index (Phi) is 4.24. The van der Waals surface area contributed by atoms with Crippen LogP contribution >= 0.6 is 12.2 Å². The molecule has 1 aromatic rings. The molecule has 0 N–H and O–H groups in total. The molecule has 19 heavy (non-hydrogen) atoms. The number of aliphatic imine (C=N–C) groups is 1. The van der Waals surface area contributed by atoms with Gasteiger partial charge in [0, 0.05) is 12.6 Å². The second kappa shape index (κ2) is 5.91. The SMILES string of the molecule is CCCCN1C(=O)COc2cc(F)c(N=C=S)cc21. The monoisotopic (exact) mass is 280 g/mol. The smallest absolute Gasteiger partial charge is 0.265 e. The number of nitrogens with zero attached hydrogens (tertiary/aromatic N) is 2. The number of anilines is 1. The number of thiocarbonyl (C=S) groups is 1. The number of hydrogen-bond donors (Lipinski definition) is 0. The molecule has 0 aromatic heterocycles. The lowest BCUT2D eigenvalue weighted by Crippen LogP contribution is -2.39. The lowest BCUT2D eigenvalue weighted by molar-refractivity contribution is -0.121. The first-order valence-corrected chi connectivity index (χ1v) is 6.42. The van der Waals surface area contributed by atoms with Crippen molar-refractivity contribution in [1.82, 2.24) is 0 Å². The molecule has 1 aliphatic rings. The summed E-state index contributed by atoms with van der Waals surface area (Å²) >= 11 is 4.48. The molecule has 0 radical (unpaired) electrons. The Hall–Kier alpha value is -1.78. The van der Waals surface area contributed by atoms with Crippen LogP contribution in [0, 0.1) is 5.82 Å². The summed E-state index contributed by atoms with van der Waals surface area (Å²) in [7, 11) is 0. The van der Waals surface area contributed by atoms with Crippen LogP contribution in [-0.2, 0) is 4.79 Å². The predicted octanol–water partition coefficient (Wildman–Crippen LogP) is 3.09. The largest absolute Gasteiger partial charge is 0.481 e. The van der Waals surface area contributed by atoms with Crippen LogP contribution in [0.15, 0.2) is 17.1 Å². The molecule has 0 saturated carbocycles. The average Bonchev–Trinajstić information content (AvgIpc) is 2.39. The number of halogens is 1. The first kappa shape index (κ1) is 13.6. The second-order valence-corrected chi connectivity index (χ2v) is 4.34. The van der Waals surface area contributed by atoms with Gasteiger partial charge < -0.3 is 9.64 Å². The Morgan fingerprint density at radius 1 is 1.58 bits per heavy atom. The molecule has 100 valence electrons. The third-order valence-corrected chi connectivity index (χ3v) is 2.96. The van der Waals surface area contributed by atoms with E-state index in [-0.39, 0.29) is 18.2 Å². The number of rotatable bonds is 4. The number of hydrogen-bond acceptors (Lipinski definition) is 4. The zero-order chi connectivity index (χ0) is 13.8. The van der Waals surface area contributed by atoms with Crippen LogP contribution in [0.3, 0.4) is 0 Å². The van der Waals surface area contributed by atoms with E-state index in [1.807, 2.05) is 6.92 Å². The molecule has 0 saturated heterocycles. The normalized spacial score (nSPS) is 13.6. The number of carbonyl (C=O) groups is 1. The fourth-order valence-corrected chi connectivity index (χ4v) is 2.01. The van der Waals surface area contributed by atoms with Gasteiger partial charge in [0.05, 0.1) is 10.8 Å². The number of isothiocyanates is 1. The van der Waals surface area contributed by atoms with E-state index in [0.717, 1.165) is 12.8 Å². The van der Waals surface area contributed by atoms with Crippen LogP contribution in [0.2, 0.25) is 0 Å². The van der Waals surface area contributed by atoms with Crippen LogP contribution in [0.25, 0.3) is 0 Å². The van der Waals surface area contributed by atoms with Gasteiger partial charge in [-0.2, -0.15) is 4.99 Å². The molecule has 0 aliphatic carbocycles. The molecule has 2 rings (SSSR count). The molecule has 6 heteroatoms. The number of unbranched alkanes of at least 4 members (excludes halogenated alkanes) is 1. The summed E-state index contributed by atoms with van der Waals surface area (Å²) < 4.78 is 18.9. The average molecular weight is 280 g/mol. The van der Waals surface area contributed by atoms with E-state index in [2.05, 4.69) is 22.4 Å². The lowest BCUT2D eigenvalue weighted by atomic mass is 10.2.